The Morgan fingerprint density at radius 2 is 2.50 bits per heavy atom. The third kappa shape index (κ3) is 2.57. The lowest BCUT2D eigenvalue weighted by atomic mass is 10.2. The number of carbonyl (C=O) groups excluding carboxylic acids is 1. The van der Waals surface area contributed by atoms with Gasteiger partial charge in [0.1, 0.15) is 11.8 Å². The predicted octanol–water partition coefficient (Wildman–Crippen LogP) is -0.0955. The first-order valence-electron chi connectivity index (χ1n) is 5.69. The fourth-order valence-electron chi connectivity index (χ4n) is 1.84. The van der Waals surface area contributed by atoms with Crippen molar-refractivity contribution >= 4 is 11.6 Å². The number of amides is 1. The Hall–Kier alpha value is -2.13. The Morgan fingerprint density at radius 1 is 1.67 bits per heavy atom. The van der Waals surface area contributed by atoms with Crippen LogP contribution in [0.5, 0.6) is 0 Å². The molecule has 1 aliphatic rings. The minimum absolute atomic E-state index is 0.124. The average molecular weight is 246 g/mol. The van der Waals surface area contributed by atoms with E-state index in [0.717, 1.165) is 5.69 Å². The maximum Gasteiger partial charge on any atom is 0.250 e. The molecular formula is C12H14N4O2. The topological polar surface area (TPSA) is 78.3 Å². The van der Waals surface area contributed by atoms with Crippen LogP contribution in [0, 0.1) is 11.3 Å². The molecule has 1 aliphatic heterocycles. The number of rotatable bonds is 2. The molecule has 2 heterocycles. The molecule has 0 saturated carbocycles. The Labute approximate surface area is 105 Å². The summed E-state index contributed by atoms with van der Waals surface area (Å²) in [5, 5.41) is 11.3. The molecule has 1 aromatic rings. The van der Waals surface area contributed by atoms with Gasteiger partial charge in [0.2, 0.25) is 0 Å². The van der Waals surface area contributed by atoms with E-state index in [1.807, 2.05) is 17.0 Å². The maximum absolute atomic E-state index is 11.5. The Kier molecular flexibility index (Phi) is 3.75. The van der Waals surface area contributed by atoms with E-state index < -0.39 is 6.10 Å². The van der Waals surface area contributed by atoms with Gasteiger partial charge in [-0.3, -0.25) is 4.79 Å². The highest BCUT2D eigenvalue weighted by Crippen LogP contribution is 2.16. The molecule has 1 N–H and O–H groups in total. The van der Waals surface area contributed by atoms with Crippen LogP contribution in [0.25, 0.3) is 0 Å². The van der Waals surface area contributed by atoms with E-state index in [4.69, 9.17) is 10.00 Å². The molecule has 6 heteroatoms. The number of pyridine rings is 1. The van der Waals surface area contributed by atoms with Gasteiger partial charge in [-0.15, -0.1) is 0 Å². The van der Waals surface area contributed by atoms with Gasteiger partial charge in [-0.25, -0.2) is 4.98 Å². The molecule has 1 fully saturated rings. The molecule has 1 atom stereocenters. The first kappa shape index (κ1) is 12.3. The Bertz CT molecular complexity index is 466. The highest BCUT2D eigenvalue weighted by molar-refractivity contribution is 5.81. The van der Waals surface area contributed by atoms with Crippen LogP contribution in [0.1, 0.15) is 5.69 Å². The van der Waals surface area contributed by atoms with Crippen molar-refractivity contribution in [2.24, 2.45) is 0 Å². The quantitative estimate of drug-likeness (QED) is 0.788. The summed E-state index contributed by atoms with van der Waals surface area (Å²) < 4.78 is 5.40. The number of ether oxygens (including phenoxy) is 1. The van der Waals surface area contributed by atoms with Crippen molar-refractivity contribution < 1.29 is 9.53 Å². The normalized spacial score (nSPS) is 19.1. The van der Waals surface area contributed by atoms with Crippen LogP contribution in [0.2, 0.25) is 0 Å². The standard InChI is InChI=1S/C12H14N4O2/c1-14-12(17)11-8-16(4-5-18-11)10-3-2-9(6-13)15-7-10/h2-3,7,11H,4-5,8H2,1H3,(H,14,17). The van der Waals surface area contributed by atoms with Crippen LogP contribution in [0.3, 0.4) is 0 Å². The second-order valence-electron chi connectivity index (χ2n) is 3.93. The van der Waals surface area contributed by atoms with Gasteiger partial charge in [0, 0.05) is 13.6 Å². The zero-order chi connectivity index (χ0) is 13.0. The number of nitrogens with zero attached hydrogens (tertiary/aromatic N) is 3. The van der Waals surface area contributed by atoms with E-state index in [2.05, 4.69) is 10.3 Å². The number of nitrogens with one attached hydrogen (secondary N) is 1. The molecule has 1 unspecified atom stereocenters. The van der Waals surface area contributed by atoms with Crippen molar-refractivity contribution in [1.29, 1.82) is 5.26 Å². The summed E-state index contributed by atoms with van der Waals surface area (Å²) in [6.07, 6.45) is 1.18. The first-order chi connectivity index (χ1) is 8.74. The third-order valence-electron chi connectivity index (χ3n) is 2.83. The van der Waals surface area contributed by atoms with Crippen LogP contribution in [0.15, 0.2) is 18.3 Å². The van der Waals surface area contributed by atoms with Crippen LogP contribution in [-0.2, 0) is 9.53 Å². The summed E-state index contributed by atoms with van der Waals surface area (Å²) >= 11 is 0. The van der Waals surface area contributed by atoms with Crippen molar-refractivity contribution in [3.05, 3.63) is 24.0 Å². The van der Waals surface area contributed by atoms with E-state index in [1.54, 1.807) is 19.3 Å². The van der Waals surface area contributed by atoms with Gasteiger partial charge in [0.15, 0.2) is 6.10 Å². The number of hydrogen-bond acceptors (Lipinski definition) is 5. The van der Waals surface area contributed by atoms with E-state index in [9.17, 15) is 4.79 Å². The summed E-state index contributed by atoms with van der Waals surface area (Å²) in [4.78, 5) is 17.6. The van der Waals surface area contributed by atoms with Gasteiger partial charge in [0.05, 0.1) is 25.0 Å². The first-order valence-corrected chi connectivity index (χ1v) is 5.69. The van der Waals surface area contributed by atoms with Gasteiger partial charge < -0.3 is 15.0 Å². The minimum Gasteiger partial charge on any atom is -0.365 e. The molecule has 1 amide bonds. The molecular weight excluding hydrogens is 232 g/mol. The lowest BCUT2D eigenvalue weighted by Crippen LogP contribution is -2.49. The minimum atomic E-state index is -0.459. The summed E-state index contributed by atoms with van der Waals surface area (Å²) in [5.74, 6) is -0.124. The summed E-state index contributed by atoms with van der Waals surface area (Å²) in [6, 6.07) is 5.47. The lowest BCUT2D eigenvalue weighted by Gasteiger charge is -2.33. The molecule has 1 saturated heterocycles. The summed E-state index contributed by atoms with van der Waals surface area (Å²) in [7, 11) is 1.59. The van der Waals surface area contributed by atoms with Crippen LogP contribution in [-0.4, -0.2) is 43.7 Å². The molecule has 0 aliphatic carbocycles. The molecule has 0 radical (unpaired) electrons. The van der Waals surface area contributed by atoms with Crippen molar-refractivity contribution in [1.82, 2.24) is 10.3 Å². The smallest absolute Gasteiger partial charge is 0.250 e. The fourth-order valence-corrected chi connectivity index (χ4v) is 1.84. The Balaban J connectivity index is 2.08. The van der Waals surface area contributed by atoms with E-state index in [0.29, 0.717) is 25.4 Å². The number of anilines is 1. The van der Waals surface area contributed by atoms with Crippen LogP contribution < -0.4 is 10.2 Å². The van der Waals surface area contributed by atoms with Crippen molar-refractivity contribution in [3.63, 3.8) is 0 Å². The molecule has 0 bridgehead atoms. The highest BCUT2D eigenvalue weighted by atomic mass is 16.5. The second kappa shape index (κ2) is 5.47. The van der Waals surface area contributed by atoms with Gasteiger partial charge in [-0.2, -0.15) is 5.26 Å². The Morgan fingerprint density at radius 3 is 3.11 bits per heavy atom. The van der Waals surface area contributed by atoms with E-state index >= 15 is 0 Å². The van der Waals surface area contributed by atoms with Crippen LogP contribution in [0.4, 0.5) is 5.69 Å². The molecule has 2 rings (SSSR count). The fraction of sp³-hybridized carbons (Fsp3) is 0.417. The van der Waals surface area contributed by atoms with Gasteiger partial charge >= 0.3 is 0 Å². The number of carbonyl (C=O) groups is 1. The number of morpholine rings is 1. The molecule has 94 valence electrons. The zero-order valence-electron chi connectivity index (χ0n) is 10.1. The molecule has 1 aromatic heterocycles. The zero-order valence-corrected chi connectivity index (χ0v) is 10.1. The van der Waals surface area contributed by atoms with Gasteiger partial charge in [-0.1, -0.05) is 0 Å². The monoisotopic (exact) mass is 246 g/mol. The van der Waals surface area contributed by atoms with Gasteiger partial charge in [0.25, 0.3) is 5.91 Å². The summed E-state index contributed by atoms with van der Waals surface area (Å²) in [6.45, 7) is 1.70. The average Bonchev–Trinajstić information content (AvgIpc) is 2.46. The summed E-state index contributed by atoms with van der Waals surface area (Å²) in [5.41, 5.74) is 1.28. The van der Waals surface area contributed by atoms with Crippen molar-refractivity contribution in [2.45, 2.75) is 6.10 Å². The van der Waals surface area contributed by atoms with Gasteiger partial charge in [-0.05, 0) is 12.1 Å². The van der Waals surface area contributed by atoms with E-state index in [1.165, 1.54) is 0 Å². The maximum atomic E-state index is 11.5. The third-order valence-corrected chi connectivity index (χ3v) is 2.83. The van der Waals surface area contributed by atoms with Crippen molar-refractivity contribution in [2.75, 3.05) is 31.6 Å². The molecule has 0 spiro atoms. The van der Waals surface area contributed by atoms with Crippen molar-refractivity contribution in [3.8, 4) is 6.07 Å². The number of aromatic nitrogens is 1. The highest BCUT2D eigenvalue weighted by Gasteiger charge is 2.26. The lowest BCUT2D eigenvalue weighted by molar-refractivity contribution is -0.132. The predicted molar refractivity (Wildman–Crippen MR) is 65.0 cm³/mol. The molecule has 0 aromatic carbocycles. The number of nitriles is 1. The SMILES string of the molecule is CNC(=O)C1CN(c2ccc(C#N)nc2)CCO1. The molecule has 18 heavy (non-hydrogen) atoms. The molecule has 6 nitrogen and oxygen atoms in total. The van der Waals surface area contributed by atoms with E-state index in [-0.39, 0.29) is 5.91 Å². The number of likely N-dealkylation sites (N-methyl/N-ethyl adjacent to an activating group) is 1. The van der Waals surface area contributed by atoms with Crippen LogP contribution >= 0.6 is 0 Å². The largest absolute Gasteiger partial charge is 0.365 e. The second-order valence-corrected chi connectivity index (χ2v) is 3.93. The number of hydrogen-bond donors (Lipinski definition) is 1.